The number of ether oxygens (including phenoxy) is 1. The van der Waals surface area contributed by atoms with Gasteiger partial charge in [-0.3, -0.25) is 9.36 Å². The van der Waals surface area contributed by atoms with Crippen molar-refractivity contribution >= 4 is 11.6 Å². The first kappa shape index (κ1) is 11.7. The van der Waals surface area contributed by atoms with Gasteiger partial charge in [-0.25, -0.2) is 9.97 Å². The Labute approximate surface area is 102 Å². The summed E-state index contributed by atoms with van der Waals surface area (Å²) >= 11 is 5.74. The maximum atomic E-state index is 11.9. The van der Waals surface area contributed by atoms with Crippen LogP contribution >= 0.6 is 11.6 Å². The summed E-state index contributed by atoms with van der Waals surface area (Å²) < 4.78 is 8.13. The summed E-state index contributed by atoms with van der Waals surface area (Å²) in [6, 6.07) is 0. The third-order valence-corrected chi connectivity index (χ3v) is 2.66. The molecule has 0 spiro atoms. The molecule has 0 aromatic carbocycles. The summed E-state index contributed by atoms with van der Waals surface area (Å²) in [5, 5.41) is 0.0635. The van der Waals surface area contributed by atoms with Crippen molar-refractivity contribution in [1.82, 2.24) is 19.1 Å². The Bertz CT molecular complexity index is 590. The van der Waals surface area contributed by atoms with Gasteiger partial charge in [0.05, 0.1) is 20.0 Å². The second-order valence-electron chi connectivity index (χ2n) is 3.46. The van der Waals surface area contributed by atoms with Crippen LogP contribution in [-0.4, -0.2) is 26.2 Å². The highest BCUT2D eigenvalue weighted by atomic mass is 35.5. The van der Waals surface area contributed by atoms with Gasteiger partial charge in [-0.2, -0.15) is 0 Å². The summed E-state index contributed by atoms with van der Waals surface area (Å²) in [6.45, 7) is 0.322. The highest BCUT2D eigenvalue weighted by molar-refractivity contribution is 6.30. The zero-order chi connectivity index (χ0) is 12.4. The van der Waals surface area contributed by atoms with Crippen LogP contribution in [0.5, 0.6) is 5.75 Å². The first-order chi connectivity index (χ1) is 8.13. The molecule has 90 valence electrons. The van der Waals surface area contributed by atoms with Gasteiger partial charge in [0.2, 0.25) is 5.75 Å². The summed E-state index contributed by atoms with van der Waals surface area (Å²) in [6.07, 6.45) is 4.85. The molecule has 0 bridgehead atoms. The van der Waals surface area contributed by atoms with Crippen LogP contribution in [0.25, 0.3) is 0 Å². The minimum atomic E-state index is -0.324. The molecule has 0 aliphatic heterocycles. The number of aromatic nitrogens is 4. The highest BCUT2D eigenvalue weighted by Gasteiger charge is 2.11. The Morgan fingerprint density at radius 2 is 2.24 bits per heavy atom. The van der Waals surface area contributed by atoms with E-state index in [1.807, 2.05) is 11.6 Å². The van der Waals surface area contributed by atoms with Crippen molar-refractivity contribution in [3.63, 3.8) is 0 Å². The van der Waals surface area contributed by atoms with E-state index in [4.69, 9.17) is 16.3 Å². The fourth-order valence-electron chi connectivity index (χ4n) is 1.44. The molecule has 0 N–H and O–H groups in total. The van der Waals surface area contributed by atoms with Crippen LogP contribution in [0.2, 0.25) is 5.15 Å². The number of imidazole rings is 1. The Balaban J connectivity index is 2.41. The van der Waals surface area contributed by atoms with Gasteiger partial charge in [0.15, 0.2) is 5.15 Å². The van der Waals surface area contributed by atoms with Crippen LogP contribution in [0.15, 0.2) is 23.5 Å². The van der Waals surface area contributed by atoms with Crippen LogP contribution in [-0.2, 0) is 13.6 Å². The third kappa shape index (κ3) is 2.16. The minimum absolute atomic E-state index is 0.0448. The fraction of sp³-hybridized carbons (Fsp3) is 0.300. The molecule has 0 aliphatic rings. The first-order valence-electron chi connectivity index (χ1n) is 4.88. The molecule has 17 heavy (non-hydrogen) atoms. The van der Waals surface area contributed by atoms with Gasteiger partial charge >= 0.3 is 0 Å². The molecular formula is C10H11ClN4O2. The standard InChI is InChI=1S/C10H11ClN4O2/c1-14-4-3-12-7(14)5-15-6-13-9(11)8(17-2)10(15)16/h3-4,6H,5H2,1-2H3. The lowest BCUT2D eigenvalue weighted by molar-refractivity contribution is 0.400. The first-order valence-corrected chi connectivity index (χ1v) is 5.26. The van der Waals surface area contributed by atoms with E-state index in [0.717, 1.165) is 5.82 Å². The van der Waals surface area contributed by atoms with Gasteiger partial charge in [0.25, 0.3) is 5.56 Å². The summed E-state index contributed by atoms with van der Waals surface area (Å²) in [4.78, 5) is 20.0. The lowest BCUT2D eigenvalue weighted by atomic mass is 10.5. The Hall–Kier alpha value is -1.82. The van der Waals surface area contributed by atoms with Crippen molar-refractivity contribution in [2.24, 2.45) is 7.05 Å². The van der Waals surface area contributed by atoms with Crippen molar-refractivity contribution in [3.8, 4) is 5.75 Å². The van der Waals surface area contributed by atoms with Crippen molar-refractivity contribution in [3.05, 3.63) is 40.1 Å². The lowest BCUT2D eigenvalue weighted by Crippen LogP contribution is -2.23. The zero-order valence-corrected chi connectivity index (χ0v) is 10.2. The number of hydrogen-bond acceptors (Lipinski definition) is 4. The summed E-state index contributed by atoms with van der Waals surface area (Å²) in [7, 11) is 3.24. The van der Waals surface area contributed by atoms with E-state index in [1.54, 1.807) is 12.4 Å². The van der Waals surface area contributed by atoms with Gasteiger partial charge in [-0.05, 0) is 0 Å². The minimum Gasteiger partial charge on any atom is -0.489 e. The number of aryl methyl sites for hydroxylation is 1. The number of methoxy groups -OCH3 is 1. The topological polar surface area (TPSA) is 61.9 Å². The van der Waals surface area contributed by atoms with Crippen molar-refractivity contribution in [1.29, 1.82) is 0 Å². The molecule has 0 amide bonds. The average molecular weight is 255 g/mol. The van der Waals surface area contributed by atoms with Crippen LogP contribution in [0.1, 0.15) is 5.82 Å². The molecule has 0 atom stereocenters. The van der Waals surface area contributed by atoms with Gasteiger partial charge in [0, 0.05) is 19.4 Å². The zero-order valence-electron chi connectivity index (χ0n) is 9.42. The molecule has 0 radical (unpaired) electrons. The Kier molecular flexibility index (Phi) is 3.14. The molecule has 0 fully saturated rings. The maximum absolute atomic E-state index is 11.9. The number of rotatable bonds is 3. The smallest absolute Gasteiger partial charge is 0.297 e. The second kappa shape index (κ2) is 4.58. The van der Waals surface area contributed by atoms with E-state index in [9.17, 15) is 4.79 Å². The van der Waals surface area contributed by atoms with E-state index in [1.165, 1.54) is 18.0 Å². The van der Waals surface area contributed by atoms with Crippen LogP contribution in [0, 0.1) is 0 Å². The van der Waals surface area contributed by atoms with Crippen LogP contribution < -0.4 is 10.3 Å². The highest BCUT2D eigenvalue weighted by Crippen LogP contribution is 2.14. The molecule has 2 rings (SSSR count). The van der Waals surface area contributed by atoms with Crippen molar-refractivity contribution in [2.45, 2.75) is 6.54 Å². The van der Waals surface area contributed by atoms with E-state index in [2.05, 4.69) is 9.97 Å². The summed E-state index contributed by atoms with van der Waals surface area (Å²) in [5.41, 5.74) is -0.324. The second-order valence-corrected chi connectivity index (χ2v) is 3.81. The SMILES string of the molecule is COc1c(Cl)ncn(Cc2nccn2C)c1=O. The predicted octanol–water partition coefficient (Wildman–Crippen LogP) is 0.687. The van der Waals surface area contributed by atoms with E-state index in [0.29, 0.717) is 6.54 Å². The normalized spacial score (nSPS) is 10.5. The average Bonchev–Trinajstić information content (AvgIpc) is 2.69. The molecule has 2 aromatic rings. The molecule has 0 saturated carbocycles. The van der Waals surface area contributed by atoms with Crippen molar-refractivity contribution in [2.75, 3.05) is 7.11 Å². The molecule has 0 unspecified atom stereocenters. The Morgan fingerprint density at radius 1 is 1.47 bits per heavy atom. The number of halogens is 1. The molecule has 2 heterocycles. The fourth-order valence-corrected chi connectivity index (χ4v) is 1.64. The summed E-state index contributed by atoms with van der Waals surface area (Å²) in [5.74, 6) is 0.793. The molecule has 6 nitrogen and oxygen atoms in total. The van der Waals surface area contributed by atoms with Gasteiger partial charge in [-0.1, -0.05) is 11.6 Å². The van der Waals surface area contributed by atoms with Crippen LogP contribution in [0.3, 0.4) is 0 Å². The van der Waals surface area contributed by atoms with Crippen molar-refractivity contribution < 1.29 is 4.74 Å². The predicted molar refractivity (Wildman–Crippen MR) is 62.4 cm³/mol. The number of hydrogen-bond donors (Lipinski definition) is 0. The van der Waals surface area contributed by atoms with E-state index in [-0.39, 0.29) is 16.5 Å². The largest absolute Gasteiger partial charge is 0.489 e. The van der Waals surface area contributed by atoms with Gasteiger partial charge < -0.3 is 9.30 Å². The molecular weight excluding hydrogens is 244 g/mol. The Morgan fingerprint density at radius 3 is 2.82 bits per heavy atom. The van der Waals surface area contributed by atoms with Gasteiger partial charge in [-0.15, -0.1) is 0 Å². The van der Waals surface area contributed by atoms with Gasteiger partial charge in [0.1, 0.15) is 5.82 Å². The van der Waals surface area contributed by atoms with Crippen LogP contribution in [0.4, 0.5) is 0 Å². The number of nitrogens with zero attached hydrogens (tertiary/aromatic N) is 4. The molecule has 0 saturated heterocycles. The maximum Gasteiger partial charge on any atom is 0.297 e. The monoisotopic (exact) mass is 254 g/mol. The third-order valence-electron chi connectivity index (χ3n) is 2.39. The van der Waals surface area contributed by atoms with E-state index < -0.39 is 0 Å². The van der Waals surface area contributed by atoms with E-state index >= 15 is 0 Å². The molecule has 2 aromatic heterocycles. The molecule has 0 aliphatic carbocycles. The quantitative estimate of drug-likeness (QED) is 0.756. The lowest BCUT2D eigenvalue weighted by Gasteiger charge is -2.07. The molecule has 7 heteroatoms.